The Bertz CT molecular complexity index is 1210. The molecular weight excluding hydrogens is 761 g/mol. The zero-order valence-corrected chi connectivity index (χ0v) is 38.5. The highest BCUT2D eigenvalue weighted by Gasteiger charge is 2.27. The van der Waals surface area contributed by atoms with Crippen molar-refractivity contribution in [3.8, 4) is 11.5 Å². The average molecular weight is 839 g/mol. The molecule has 0 heterocycles. The van der Waals surface area contributed by atoms with Crippen molar-refractivity contribution in [3.05, 3.63) is 59.7 Å². The smallest absolute Gasteiger partial charge is 0.332 e. The van der Waals surface area contributed by atoms with Crippen LogP contribution >= 0.6 is 0 Å². The van der Waals surface area contributed by atoms with Gasteiger partial charge >= 0.3 is 17.1 Å². The predicted octanol–water partition coefficient (Wildman–Crippen LogP) is 6.63. The van der Waals surface area contributed by atoms with Gasteiger partial charge in [0.25, 0.3) is 0 Å². The molecule has 4 N–H and O–H groups in total. The SMILES string of the molecule is CCCCN(CCC[Si](C)(O)OC)C(O)COCCCOc1ccc(C(C)(C)c2ccc(OCCCOCC(O)N(CCCC)CCC[Si](C)(O)OC)cc2)cc1. The summed E-state index contributed by atoms with van der Waals surface area (Å²) in [6, 6.07) is 17.7. The van der Waals surface area contributed by atoms with Crippen molar-refractivity contribution in [2.45, 2.75) is 122 Å². The van der Waals surface area contributed by atoms with E-state index in [2.05, 4.69) is 52.0 Å². The third kappa shape index (κ3) is 20.7. The van der Waals surface area contributed by atoms with E-state index in [9.17, 15) is 19.8 Å². The average Bonchev–Trinajstić information content (AvgIpc) is 3.20. The van der Waals surface area contributed by atoms with E-state index in [-0.39, 0.29) is 18.6 Å². The molecule has 0 saturated heterocycles. The van der Waals surface area contributed by atoms with E-state index in [4.69, 9.17) is 27.8 Å². The summed E-state index contributed by atoms with van der Waals surface area (Å²) in [4.78, 5) is 24.5. The minimum atomic E-state index is -2.60. The number of nitrogens with zero attached hydrogens (tertiary/aromatic N) is 2. The van der Waals surface area contributed by atoms with Gasteiger partial charge in [0.15, 0.2) is 0 Å². The first kappa shape index (κ1) is 51.2. The maximum absolute atomic E-state index is 10.7. The lowest BCUT2D eigenvalue weighted by Crippen LogP contribution is -2.41. The topological polar surface area (TPSA) is 143 Å². The van der Waals surface area contributed by atoms with Crippen molar-refractivity contribution in [1.29, 1.82) is 0 Å². The Morgan fingerprint density at radius 3 is 1.25 bits per heavy atom. The summed E-state index contributed by atoms with van der Waals surface area (Å²) < 4.78 is 34.1. The van der Waals surface area contributed by atoms with Crippen molar-refractivity contribution >= 4 is 17.1 Å². The molecule has 0 aliphatic carbocycles. The monoisotopic (exact) mass is 839 g/mol. The number of ether oxygens (including phenoxy) is 4. The van der Waals surface area contributed by atoms with Crippen LogP contribution in [0.25, 0.3) is 0 Å². The second-order valence-corrected chi connectivity index (χ2v) is 22.4. The number of aliphatic hydroxyl groups excluding tert-OH is 2. The van der Waals surface area contributed by atoms with E-state index >= 15 is 0 Å². The second kappa shape index (κ2) is 27.8. The minimum Gasteiger partial charge on any atom is -0.494 e. The zero-order chi connectivity index (χ0) is 42.2. The van der Waals surface area contributed by atoms with Gasteiger partial charge in [-0.25, -0.2) is 0 Å². The number of hydrogen-bond acceptors (Lipinski definition) is 12. The maximum atomic E-state index is 10.7. The molecule has 0 aromatic heterocycles. The number of rotatable bonds is 34. The van der Waals surface area contributed by atoms with Crippen molar-refractivity contribution in [1.82, 2.24) is 9.80 Å². The highest BCUT2D eigenvalue weighted by atomic mass is 28.4. The Labute approximate surface area is 346 Å². The fourth-order valence-electron chi connectivity index (χ4n) is 6.36. The van der Waals surface area contributed by atoms with Gasteiger partial charge in [-0.1, -0.05) is 64.8 Å². The van der Waals surface area contributed by atoms with E-state index in [1.165, 1.54) is 11.1 Å². The van der Waals surface area contributed by atoms with E-state index < -0.39 is 29.6 Å². The number of aliphatic hydroxyl groups is 2. The lowest BCUT2D eigenvalue weighted by Gasteiger charge is -2.28. The molecule has 0 bridgehead atoms. The zero-order valence-electron chi connectivity index (χ0n) is 36.5. The second-order valence-electron chi connectivity index (χ2n) is 15.9. The molecule has 0 amide bonds. The van der Waals surface area contributed by atoms with Crippen LogP contribution in [0.1, 0.15) is 90.2 Å². The third-order valence-electron chi connectivity index (χ3n) is 10.6. The van der Waals surface area contributed by atoms with Crippen LogP contribution in [-0.4, -0.2) is 139 Å². The van der Waals surface area contributed by atoms with Gasteiger partial charge in [0, 0.05) is 58.7 Å². The first-order valence-electron chi connectivity index (χ1n) is 21.2. The summed E-state index contributed by atoms with van der Waals surface area (Å²) in [5.74, 6) is 1.61. The Morgan fingerprint density at radius 2 is 0.912 bits per heavy atom. The first-order chi connectivity index (χ1) is 27.2. The molecule has 0 saturated carbocycles. The van der Waals surface area contributed by atoms with E-state index in [0.29, 0.717) is 64.4 Å². The lowest BCUT2D eigenvalue weighted by atomic mass is 9.78. The quantitative estimate of drug-likeness (QED) is 0.0342. The number of benzene rings is 2. The van der Waals surface area contributed by atoms with Crippen molar-refractivity contribution < 1.29 is 47.6 Å². The van der Waals surface area contributed by atoms with Crippen LogP contribution < -0.4 is 9.47 Å². The summed E-state index contributed by atoms with van der Waals surface area (Å²) in [5.41, 5.74) is 2.14. The summed E-state index contributed by atoms with van der Waals surface area (Å²) in [7, 11) is -2.08. The highest BCUT2D eigenvalue weighted by molar-refractivity contribution is 6.64. The van der Waals surface area contributed by atoms with Crippen molar-refractivity contribution in [2.24, 2.45) is 0 Å². The first-order valence-corrected chi connectivity index (χ1v) is 26.3. The predicted molar refractivity (Wildman–Crippen MR) is 232 cm³/mol. The van der Waals surface area contributed by atoms with Crippen LogP contribution in [0, 0.1) is 0 Å². The van der Waals surface area contributed by atoms with Gasteiger partial charge in [-0.05, 0) is 86.3 Å². The molecule has 12 nitrogen and oxygen atoms in total. The molecule has 328 valence electrons. The normalized spacial score (nSPS) is 15.4. The maximum Gasteiger partial charge on any atom is 0.332 e. The summed E-state index contributed by atoms with van der Waals surface area (Å²) >= 11 is 0. The number of unbranched alkanes of at least 4 members (excludes halogenated alkanes) is 2. The van der Waals surface area contributed by atoms with E-state index in [1.807, 2.05) is 34.1 Å². The van der Waals surface area contributed by atoms with Gasteiger partial charge in [0.1, 0.15) is 24.0 Å². The third-order valence-corrected chi connectivity index (χ3v) is 14.9. The lowest BCUT2D eigenvalue weighted by molar-refractivity contribution is -0.0604. The summed E-state index contributed by atoms with van der Waals surface area (Å²) in [5, 5.41) is 21.5. The van der Waals surface area contributed by atoms with Crippen LogP contribution in [0.5, 0.6) is 11.5 Å². The molecule has 0 radical (unpaired) electrons. The van der Waals surface area contributed by atoms with Crippen LogP contribution in [0.15, 0.2) is 48.5 Å². The summed E-state index contributed by atoms with van der Waals surface area (Å²) in [6.07, 6.45) is 5.70. The van der Waals surface area contributed by atoms with Crippen molar-refractivity contribution in [2.75, 3.05) is 80.0 Å². The van der Waals surface area contributed by atoms with Gasteiger partial charge in [0.05, 0.1) is 39.6 Å². The molecular formula is C43H78N2O10Si2. The van der Waals surface area contributed by atoms with Gasteiger partial charge < -0.3 is 47.6 Å². The van der Waals surface area contributed by atoms with Crippen LogP contribution in [0.4, 0.5) is 0 Å². The highest BCUT2D eigenvalue weighted by Crippen LogP contribution is 2.33. The Balaban J connectivity index is 1.70. The molecule has 14 heteroatoms. The molecule has 0 aliphatic rings. The molecule has 57 heavy (non-hydrogen) atoms. The van der Waals surface area contributed by atoms with Gasteiger partial charge in [0.2, 0.25) is 0 Å². The Kier molecular flexibility index (Phi) is 24.9. The van der Waals surface area contributed by atoms with E-state index in [1.54, 1.807) is 27.3 Å². The number of hydrogen-bond donors (Lipinski definition) is 4. The van der Waals surface area contributed by atoms with Crippen molar-refractivity contribution in [3.63, 3.8) is 0 Å². The summed E-state index contributed by atoms with van der Waals surface area (Å²) in [6.45, 7) is 17.8. The molecule has 2 aromatic rings. The fraction of sp³-hybridized carbons (Fsp3) is 0.721. The van der Waals surface area contributed by atoms with Crippen LogP contribution in [0.3, 0.4) is 0 Å². The molecule has 0 fully saturated rings. The molecule has 0 aliphatic heterocycles. The molecule has 4 unspecified atom stereocenters. The molecule has 2 rings (SSSR count). The van der Waals surface area contributed by atoms with Gasteiger partial charge in [-0.3, -0.25) is 9.80 Å². The Morgan fingerprint density at radius 1 is 0.561 bits per heavy atom. The van der Waals surface area contributed by atoms with E-state index in [0.717, 1.165) is 63.1 Å². The standard InChI is InChI=1S/C43H78N2O10Si2/c1-9-11-25-44(27-13-33-56(7,48)50-5)41(46)35-52-29-15-31-54-39-21-17-37(18-22-39)43(3,4)38-19-23-40(24-20-38)55-32-16-30-53-36-42(47)45(26-12-10-2)28-14-34-57(8,49)51-6/h17-24,41-42,46-49H,9-16,25-36H2,1-8H3. The molecule has 4 atom stereocenters. The molecule has 0 spiro atoms. The van der Waals surface area contributed by atoms with Gasteiger partial charge in [-0.15, -0.1) is 0 Å². The fourth-order valence-corrected chi connectivity index (χ4v) is 8.40. The largest absolute Gasteiger partial charge is 0.494 e. The van der Waals surface area contributed by atoms with Gasteiger partial charge in [-0.2, -0.15) is 0 Å². The minimum absolute atomic E-state index is 0.219. The van der Waals surface area contributed by atoms with Crippen LogP contribution in [0.2, 0.25) is 25.2 Å². The van der Waals surface area contributed by atoms with Crippen LogP contribution in [-0.2, 0) is 23.7 Å². The Hall–Kier alpha value is -1.93. The molecule has 2 aromatic carbocycles.